The SMILES string of the molecule is CCCCCCCCOc1ccc(/C=N/N=C(N)N)cc1Cl. The van der Waals surface area contributed by atoms with Gasteiger partial charge in [0.1, 0.15) is 5.75 Å². The minimum absolute atomic E-state index is 0.0822. The molecule has 4 N–H and O–H groups in total. The van der Waals surface area contributed by atoms with Crippen LogP contribution in [0, 0.1) is 0 Å². The van der Waals surface area contributed by atoms with Crippen LogP contribution >= 0.6 is 11.6 Å². The monoisotopic (exact) mass is 324 g/mol. The summed E-state index contributed by atoms with van der Waals surface area (Å²) in [6.45, 7) is 2.91. The Labute approximate surface area is 137 Å². The molecule has 22 heavy (non-hydrogen) atoms. The summed E-state index contributed by atoms with van der Waals surface area (Å²) in [4.78, 5) is 0. The molecule has 0 saturated carbocycles. The van der Waals surface area contributed by atoms with Crippen LogP contribution in [-0.2, 0) is 0 Å². The molecule has 6 heteroatoms. The molecule has 0 bridgehead atoms. The van der Waals surface area contributed by atoms with Gasteiger partial charge in [0.15, 0.2) is 0 Å². The zero-order valence-corrected chi connectivity index (χ0v) is 13.9. The van der Waals surface area contributed by atoms with Gasteiger partial charge in [0.2, 0.25) is 5.96 Å². The molecule has 5 nitrogen and oxygen atoms in total. The molecule has 1 aromatic carbocycles. The van der Waals surface area contributed by atoms with E-state index in [1.807, 2.05) is 12.1 Å². The number of nitrogens with zero attached hydrogens (tertiary/aromatic N) is 2. The Morgan fingerprint density at radius 2 is 1.91 bits per heavy atom. The van der Waals surface area contributed by atoms with E-state index in [0.717, 1.165) is 12.0 Å². The Bertz CT molecular complexity index is 499. The number of nitrogens with two attached hydrogens (primary N) is 2. The van der Waals surface area contributed by atoms with E-state index in [4.69, 9.17) is 27.8 Å². The predicted molar refractivity (Wildman–Crippen MR) is 93.7 cm³/mol. The third-order valence-corrected chi connectivity index (χ3v) is 3.39. The number of ether oxygens (including phenoxy) is 1. The first-order valence-corrected chi connectivity index (χ1v) is 8.05. The fourth-order valence-corrected chi connectivity index (χ4v) is 2.18. The fraction of sp³-hybridized carbons (Fsp3) is 0.500. The maximum atomic E-state index is 6.18. The maximum Gasteiger partial charge on any atom is 0.211 e. The lowest BCUT2D eigenvalue weighted by Crippen LogP contribution is -2.21. The molecule has 0 amide bonds. The second kappa shape index (κ2) is 10.9. The zero-order chi connectivity index (χ0) is 16.2. The molecular weight excluding hydrogens is 300 g/mol. The van der Waals surface area contributed by atoms with Crippen LogP contribution in [0.4, 0.5) is 0 Å². The largest absolute Gasteiger partial charge is 0.492 e. The van der Waals surface area contributed by atoms with Gasteiger partial charge in [-0.1, -0.05) is 50.6 Å². The Morgan fingerprint density at radius 1 is 1.18 bits per heavy atom. The van der Waals surface area contributed by atoms with Crippen molar-refractivity contribution in [3.8, 4) is 5.75 Å². The van der Waals surface area contributed by atoms with Crippen molar-refractivity contribution in [2.45, 2.75) is 45.4 Å². The maximum absolute atomic E-state index is 6.18. The van der Waals surface area contributed by atoms with Crippen LogP contribution in [0.25, 0.3) is 0 Å². The van der Waals surface area contributed by atoms with Gasteiger partial charge in [-0.15, -0.1) is 5.10 Å². The molecule has 0 aliphatic carbocycles. The average Bonchev–Trinajstić information content (AvgIpc) is 2.48. The highest BCUT2D eigenvalue weighted by molar-refractivity contribution is 6.32. The molecule has 1 aromatic rings. The molecule has 0 atom stereocenters. The average molecular weight is 325 g/mol. The molecule has 0 radical (unpaired) electrons. The van der Waals surface area contributed by atoms with E-state index in [1.54, 1.807) is 6.07 Å². The Kier molecular flexibility index (Phi) is 9.07. The van der Waals surface area contributed by atoms with Crippen molar-refractivity contribution < 1.29 is 4.74 Å². The topological polar surface area (TPSA) is 86.0 Å². The lowest BCUT2D eigenvalue weighted by molar-refractivity contribution is 0.304. The van der Waals surface area contributed by atoms with Crippen LogP contribution < -0.4 is 16.2 Å². The van der Waals surface area contributed by atoms with Crippen LogP contribution in [0.1, 0.15) is 51.0 Å². The molecule has 0 aromatic heterocycles. The highest BCUT2D eigenvalue weighted by Crippen LogP contribution is 2.25. The summed E-state index contributed by atoms with van der Waals surface area (Å²) in [7, 11) is 0. The van der Waals surface area contributed by atoms with Crippen molar-refractivity contribution in [1.29, 1.82) is 0 Å². The summed E-state index contributed by atoms with van der Waals surface area (Å²) in [6, 6.07) is 5.45. The lowest BCUT2D eigenvalue weighted by atomic mass is 10.1. The number of guanidine groups is 1. The van der Waals surface area contributed by atoms with Crippen molar-refractivity contribution in [3.05, 3.63) is 28.8 Å². The lowest BCUT2D eigenvalue weighted by Gasteiger charge is -2.08. The van der Waals surface area contributed by atoms with E-state index in [9.17, 15) is 0 Å². The number of halogens is 1. The molecule has 0 unspecified atom stereocenters. The second-order valence-corrected chi connectivity index (χ2v) is 5.48. The van der Waals surface area contributed by atoms with Crippen LogP contribution in [0.2, 0.25) is 5.02 Å². The molecule has 0 aliphatic heterocycles. The molecule has 0 aliphatic rings. The Morgan fingerprint density at radius 3 is 2.59 bits per heavy atom. The highest BCUT2D eigenvalue weighted by atomic mass is 35.5. The second-order valence-electron chi connectivity index (χ2n) is 5.08. The summed E-state index contributed by atoms with van der Waals surface area (Å²) in [6.07, 6.45) is 8.93. The zero-order valence-electron chi connectivity index (χ0n) is 13.1. The fourth-order valence-electron chi connectivity index (χ4n) is 1.94. The molecule has 0 heterocycles. The number of rotatable bonds is 10. The quantitative estimate of drug-likeness (QED) is 0.298. The first kappa shape index (κ1) is 18.3. The Hall–Kier alpha value is -1.75. The molecule has 0 saturated heterocycles. The first-order valence-electron chi connectivity index (χ1n) is 7.67. The predicted octanol–water partition coefficient (Wildman–Crippen LogP) is 3.69. The summed E-state index contributed by atoms with van der Waals surface area (Å²) < 4.78 is 5.70. The van der Waals surface area contributed by atoms with Crippen molar-refractivity contribution in [2.24, 2.45) is 21.7 Å². The van der Waals surface area contributed by atoms with Crippen LogP contribution in [0.15, 0.2) is 28.4 Å². The van der Waals surface area contributed by atoms with Gasteiger partial charge >= 0.3 is 0 Å². The van der Waals surface area contributed by atoms with E-state index in [2.05, 4.69) is 17.1 Å². The molecule has 0 fully saturated rings. The normalized spacial score (nSPS) is 10.8. The van der Waals surface area contributed by atoms with E-state index in [1.165, 1.54) is 38.3 Å². The van der Waals surface area contributed by atoms with E-state index < -0.39 is 0 Å². The van der Waals surface area contributed by atoms with Crippen LogP contribution in [0.5, 0.6) is 5.75 Å². The Balaban J connectivity index is 2.36. The summed E-state index contributed by atoms with van der Waals surface area (Å²) >= 11 is 6.18. The molecule has 1 rings (SSSR count). The number of hydrogen-bond acceptors (Lipinski definition) is 3. The third kappa shape index (κ3) is 7.88. The van der Waals surface area contributed by atoms with Gasteiger partial charge in [0.25, 0.3) is 0 Å². The number of hydrogen-bond donors (Lipinski definition) is 2. The third-order valence-electron chi connectivity index (χ3n) is 3.09. The van der Waals surface area contributed by atoms with Gasteiger partial charge in [-0.3, -0.25) is 0 Å². The molecular formula is C16H25ClN4O. The molecule has 0 spiro atoms. The van der Waals surface area contributed by atoms with E-state index >= 15 is 0 Å². The summed E-state index contributed by atoms with van der Waals surface area (Å²) in [5, 5.41) is 7.82. The minimum atomic E-state index is -0.0822. The smallest absolute Gasteiger partial charge is 0.211 e. The number of benzene rings is 1. The van der Waals surface area contributed by atoms with Gasteiger partial charge in [-0.05, 0) is 30.2 Å². The summed E-state index contributed by atoms with van der Waals surface area (Å²) in [5.41, 5.74) is 11.2. The molecule has 122 valence electrons. The highest BCUT2D eigenvalue weighted by Gasteiger charge is 2.02. The standard InChI is InChI=1S/C16H25ClN4O/c1-2-3-4-5-6-7-10-22-15-9-8-13(11-14(15)17)12-20-21-16(18)19/h8-9,11-12H,2-7,10H2,1H3,(H4,18,19,21)/b20-12+. The van der Waals surface area contributed by atoms with Gasteiger partial charge in [-0.25, -0.2) is 0 Å². The van der Waals surface area contributed by atoms with Crippen LogP contribution in [0.3, 0.4) is 0 Å². The van der Waals surface area contributed by atoms with Gasteiger partial charge < -0.3 is 16.2 Å². The van der Waals surface area contributed by atoms with Crippen molar-refractivity contribution in [3.63, 3.8) is 0 Å². The summed E-state index contributed by atoms with van der Waals surface area (Å²) in [5.74, 6) is 0.607. The minimum Gasteiger partial charge on any atom is -0.492 e. The van der Waals surface area contributed by atoms with Crippen LogP contribution in [-0.4, -0.2) is 18.8 Å². The number of unbranched alkanes of at least 4 members (excludes halogenated alkanes) is 5. The van der Waals surface area contributed by atoms with Gasteiger partial charge in [-0.2, -0.15) is 5.10 Å². The van der Waals surface area contributed by atoms with Gasteiger partial charge in [0.05, 0.1) is 17.8 Å². The van der Waals surface area contributed by atoms with E-state index in [-0.39, 0.29) is 5.96 Å². The van der Waals surface area contributed by atoms with Crippen molar-refractivity contribution in [1.82, 2.24) is 0 Å². The van der Waals surface area contributed by atoms with Gasteiger partial charge in [0, 0.05) is 0 Å². The van der Waals surface area contributed by atoms with Crippen molar-refractivity contribution >= 4 is 23.8 Å². The first-order chi connectivity index (χ1) is 10.6. The van der Waals surface area contributed by atoms with E-state index in [0.29, 0.717) is 17.4 Å². The van der Waals surface area contributed by atoms with Crippen molar-refractivity contribution in [2.75, 3.05) is 6.61 Å².